The Balaban J connectivity index is 2.57. The monoisotopic (exact) mass is 466 g/mol. The highest BCUT2D eigenvalue weighted by Gasteiger charge is 2.29. The Morgan fingerprint density at radius 3 is 2.33 bits per heavy atom. The minimum absolute atomic E-state index is 0.0399. The van der Waals surface area contributed by atoms with Crippen molar-refractivity contribution in [1.82, 2.24) is 5.32 Å². The summed E-state index contributed by atoms with van der Waals surface area (Å²) in [6, 6.07) is -0.307. The number of esters is 1. The van der Waals surface area contributed by atoms with Gasteiger partial charge in [0.2, 0.25) is 0 Å². The van der Waals surface area contributed by atoms with Crippen LogP contribution in [0.1, 0.15) is 96.8 Å². The van der Waals surface area contributed by atoms with E-state index in [1.165, 1.54) is 44.9 Å². The van der Waals surface area contributed by atoms with Crippen molar-refractivity contribution in [1.29, 1.82) is 0 Å². The molecule has 0 bridgehead atoms. The van der Waals surface area contributed by atoms with E-state index in [9.17, 15) is 9.90 Å². The molecule has 1 aliphatic rings. The third-order valence-electron chi connectivity index (χ3n) is 5.70. The van der Waals surface area contributed by atoms with E-state index in [0.29, 0.717) is 49.6 Å². The van der Waals surface area contributed by atoms with Crippen LogP contribution in [0.25, 0.3) is 0 Å². The van der Waals surface area contributed by atoms with E-state index in [-0.39, 0.29) is 24.6 Å². The number of carbonyl (C=O) groups excluding carboxylic acids is 1. The SMILES string of the molecule is CCCCCCCCCCC[C@@H]1N=C(N)NC(CCCO)=C1C(=O)OCCCCN=C(N)N. The van der Waals surface area contributed by atoms with Gasteiger partial charge in [0.1, 0.15) is 0 Å². The molecule has 1 atom stereocenters. The number of unbranched alkanes of at least 4 members (excludes halogenated alkanes) is 9. The van der Waals surface area contributed by atoms with E-state index in [1.54, 1.807) is 0 Å². The summed E-state index contributed by atoms with van der Waals surface area (Å²) in [4.78, 5) is 21.4. The average molecular weight is 467 g/mol. The molecule has 0 amide bonds. The van der Waals surface area contributed by atoms with Crippen molar-refractivity contribution in [3.63, 3.8) is 0 Å². The second-order valence-electron chi connectivity index (χ2n) is 8.64. The maximum absolute atomic E-state index is 12.9. The summed E-state index contributed by atoms with van der Waals surface area (Å²) in [5.74, 6) is 0.0147. The van der Waals surface area contributed by atoms with Crippen molar-refractivity contribution < 1.29 is 14.6 Å². The maximum atomic E-state index is 12.9. The van der Waals surface area contributed by atoms with Gasteiger partial charge in [-0.05, 0) is 32.1 Å². The summed E-state index contributed by atoms with van der Waals surface area (Å²) in [5.41, 5.74) is 17.9. The molecule has 0 saturated carbocycles. The Morgan fingerprint density at radius 1 is 1.03 bits per heavy atom. The molecule has 1 aliphatic heterocycles. The van der Waals surface area contributed by atoms with E-state index in [1.807, 2.05) is 0 Å². The summed E-state index contributed by atoms with van der Waals surface area (Å²) in [6.45, 7) is 3.07. The number of nitrogens with zero attached hydrogens (tertiary/aromatic N) is 2. The minimum Gasteiger partial charge on any atom is -0.462 e. The van der Waals surface area contributed by atoms with Crippen molar-refractivity contribution in [2.24, 2.45) is 27.2 Å². The van der Waals surface area contributed by atoms with Crippen molar-refractivity contribution in [3.05, 3.63) is 11.3 Å². The molecule has 0 spiro atoms. The van der Waals surface area contributed by atoms with Crippen LogP contribution in [0.3, 0.4) is 0 Å². The molecule has 0 fully saturated rings. The van der Waals surface area contributed by atoms with Crippen molar-refractivity contribution >= 4 is 17.9 Å². The molecule has 0 aliphatic carbocycles. The van der Waals surface area contributed by atoms with Crippen LogP contribution in [0, 0.1) is 0 Å². The normalized spacial score (nSPS) is 15.7. The number of rotatable bonds is 19. The lowest BCUT2D eigenvalue weighted by atomic mass is 9.95. The molecule has 190 valence electrons. The largest absolute Gasteiger partial charge is 0.462 e. The highest BCUT2D eigenvalue weighted by Crippen LogP contribution is 2.25. The van der Waals surface area contributed by atoms with Gasteiger partial charge in [0.25, 0.3) is 0 Å². The van der Waals surface area contributed by atoms with Gasteiger partial charge >= 0.3 is 5.97 Å². The molecular formula is C24H46N6O3. The molecule has 1 heterocycles. The Hall–Kier alpha value is -2.29. The predicted molar refractivity (Wildman–Crippen MR) is 135 cm³/mol. The first-order valence-corrected chi connectivity index (χ1v) is 12.7. The van der Waals surface area contributed by atoms with E-state index in [2.05, 4.69) is 22.2 Å². The van der Waals surface area contributed by atoms with Gasteiger partial charge in [0, 0.05) is 18.8 Å². The fourth-order valence-electron chi connectivity index (χ4n) is 3.92. The molecule has 1 rings (SSSR count). The number of hydrogen-bond acceptors (Lipinski definition) is 7. The first-order valence-electron chi connectivity index (χ1n) is 12.7. The third kappa shape index (κ3) is 13.1. The molecule has 0 unspecified atom stereocenters. The molecule has 8 N–H and O–H groups in total. The summed E-state index contributed by atoms with van der Waals surface area (Å²) in [6.07, 6.45) is 14.3. The Kier molecular flexibility index (Phi) is 15.8. The van der Waals surface area contributed by atoms with Gasteiger partial charge in [-0.1, -0.05) is 64.7 Å². The Bertz CT molecular complexity index is 644. The molecule has 0 saturated heterocycles. The number of carbonyl (C=O) groups is 1. The van der Waals surface area contributed by atoms with Gasteiger partial charge in [-0.15, -0.1) is 0 Å². The van der Waals surface area contributed by atoms with Gasteiger partial charge in [0.15, 0.2) is 11.9 Å². The van der Waals surface area contributed by atoms with Crippen molar-refractivity contribution in [2.45, 2.75) is 103 Å². The average Bonchev–Trinajstić information content (AvgIpc) is 2.78. The fourth-order valence-corrected chi connectivity index (χ4v) is 3.92. The Labute approximate surface area is 199 Å². The fraction of sp³-hybridized carbons (Fsp3) is 0.792. The number of aliphatic hydroxyl groups is 1. The van der Waals surface area contributed by atoms with E-state index in [0.717, 1.165) is 25.7 Å². The summed E-state index contributed by atoms with van der Waals surface area (Å²) < 4.78 is 5.54. The molecular weight excluding hydrogens is 420 g/mol. The number of aliphatic imine (C=N–C) groups is 2. The van der Waals surface area contributed by atoms with Crippen molar-refractivity contribution in [2.75, 3.05) is 19.8 Å². The molecule has 0 aromatic rings. The highest BCUT2D eigenvalue weighted by molar-refractivity contribution is 5.94. The smallest absolute Gasteiger partial charge is 0.337 e. The lowest BCUT2D eigenvalue weighted by Gasteiger charge is -2.26. The van der Waals surface area contributed by atoms with E-state index >= 15 is 0 Å². The summed E-state index contributed by atoms with van der Waals surface area (Å²) in [7, 11) is 0. The molecule has 9 heteroatoms. The van der Waals surface area contributed by atoms with Gasteiger partial charge < -0.3 is 32.4 Å². The molecule has 9 nitrogen and oxygen atoms in total. The number of allylic oxidation sites excluding steroid dienone is 1. The highest BCUT2D eigenvalue weighted by atomic mass is 16.5. The topological polar surface area (TPSA) is 161 Å². The van der Waals surface area contributed by atoms with Crippen LogP contribution in [0.5, 0.6) is 0 Å². The lowest BCUT2D eigenvalue weighted by molar-refractivity contribution is -0.139. The van der Waals surface area contributed by atoms with Gasteiger partial charge in [-0.2, -0.15) is 0 Å². The van der Waals surface area contributed by atoms with Crippen LogP contribution in [0.15, 0.2) is 21.3 Å². The van der Waals surface area contributed by atoms with Crippen LogP contribution in [0.2, 0.25) is 0 Å². The lowest BCUT2D eigenvalue weighted by Crippen LogP contribution is -2.40. The zero-order valence-corrected chi connectivity index (χ0v) is 20.5. The second-order valence-corrected chi connectivity index (χ2v) is 8.64. The number of guanidine groups is 2. The number of aliphatic hydroxyl groups excluding tert-OH is 1. The first-order chi connectivity index (χ1) is 16.0. The number of nitrogens with two attached hydrogens (primary N) is 3. The van der Waals surface area contributed by atoms with Crippen LogP contribution < -0.4 is 22.5 Å². The molecule has 0 radical (unpaired) electrons. The van der Waals surface area contributed by atoms with E-state index < -0.39 is 0 Å². The number of nitrogens with one attached hydrogen (secondary N) is 1. The molecule has 33 heavy (non-hydrogen) atoms. The maximum Gasteiger partial charge on any atom is 0.337 e. The van der Waals surface area contributed by atoms with Gasteiger partial charge in [-0.25, -0.2) is 9.79 Å². The third-order valence-corrected chi connectivity index (χ3v) is 5.70. The zero-order valence-electron chi connectivity index (χ0n) is 20.5. The predicted octanol–water partition coefficient (Wildman–Crippen LogP) is 2.82. The van der Waals surface area contributed by atoms with Crippen LogP contribution in [-0.2, 0) is 9.53 Å². The Morgan fingerprint density at radius 2 is 1.70 bits per heavy atom. The van der Waals surface area contributed by atoms with Gasteiger partial charge in [0.05, 0.1) is 18.2 Å². The molecule has 0 aromatic heterocycles. The first kappa shape index (κ1) is 28.7. The van der Waals surface area contributed by atoms with Crippen LogP contribution >= 0.6 is 0 Å². The van der Waals surface area contributed by atoms with E-state index in [4.69, 9.17) is 21.9 Å². The van der Waals surface area contributed by atoms with Crippen LogP contribution in [-0.4, -0.2) is 48.8 Å². The second kappa shape index (κ2) is 18.2. The number of hydrogen-bond donors (Lipinski definition) is 5. The van der Waals surface area contributed by atoms with Gasteiger partial charge in [-0.3, -0.25) is 4.99 Å². The summed E-state index contributed by atoms with van der Waals surface area (Å²) >= 11 is 0. The minimum atomic E-state index is -0.366. The number of ether oxygens (including phenoxy) is 1. The zero-order chi connectivity index (χ0) is 24.3. The van der Waals surface area contributed by atoms with Crippen molar-refractivity contribution in [3.8, 4) is 0 Å². The standard InChI is InChI=1S/C24H46N6O3/c1-2-3-4-5-6-7-8-9-10-14-19-21(20(15-13-17-31)30-24(27)29-19)22(32)33-18-12-11-16-28-23(25)26/h19,31H,2-18H2,1H3,(H4,25,26,28)(H3,27,29,30)/t19-/m0/s1. The molecule has 0 aromatic carbocycles. The quantitative estimate of drug-likeness (QED) is 0.0846. The van der Waals surface area contributed by atoms with Crippen LogP contribution in [0.4, 0.5) is 0 Å². The summed E-state index contributed by atoms with van der Waals surface area (Å²) in [5, 5.41) is 12.3.